The van der Waals surface area contributed by atoms with E-state index in [0.717, 1.165) is 28.9 Å². The van der Waals surface area contributed by atoms with E-state index in [2.05, 4.69) is 34.7 Å². The Morgan fingerprint density at radius 1 is 1.33 bits per heavy atom. The Morgan fingerprint density at radius 2 is 2.10 bits per heavy atom. The largest absolute Gasteiger partial charge is 0.360 e. The maximum absolute atomic E-state index is 11.9. The average Bonchev–Trinajstić information content (AvgIpc) is 2.92. The first-order valence-corrected chi connectivity index (χ1v) is 9.43. The molecule has 1 aromatic rings. The van der Waals surface area contributed by atoms with Crippen molar-refractivity contribution in [2.45, 2.75) is 56.3 Å². The van der Waals surface area contributed by atoms with E-state index in [4.69, 9.17) is 0 Å². The molecule has 0 unspecified atom stereocenters. The Bertz CT molecular complexity index is 444. The van der Waals surface area contributed by atoms with E-state index in [0.29, 0.717) is 17.7 Å². The third-order valence-electron chi connectivity index (χ3n) is 3.37. The van der Waals surface area contributed by atoms with Gasteiger partial charge >= 0.3 is 0 Å². The Hall–Kier alpha value is -0.820. The third-order valence-corrected chi connectivity index (χ3v) is 5.38. The van der Waals surface area contributed by atoms with Crippen molar-refractivity contribution in [3.05, 3.63) is 0 Å². The summed E-state index contributed by atoms with van der Waals surface area (Å²) in [6, 6.07) is 0.379. The lowest BCUT2D eigenvalue weighted by Crippen LogP contribution is -2.37. The van der Waals surface area contributed by atoms with E-state index in [9.17, 15) is 4.79 Å². The number of anilines is 1. The lowest BCUT2D eigenvalue weighted by molar-refractivity contribution is -0.119. The first-order chi connectivity index (χ1) is 10.1. The van der Waals surface area contributed by atoms with Crippen LogP contribution in [0.1, 0.15) is 46.0 Å². The zero-order chi connectivity index (χ0) is 15.1. The van der Waals surface area contributed by atoms with Gasteiger partial charge in [-0.3, -0.25) is 4.79 Å². The molecule has 1 heterocycles. The minimum absolute atomic E-state index is 0.110. The first kappa shape index (κ1) is 16.5. The first-order valence-electron chi connectivity index (χ1n) is 7.63. The fraction of sp³-hybridized carbons (Fsp3) is 0.786. The zero-order valence-corrected chi connectivity index (χ0v) is 14.4. The molecular formula is C14H24N4OS2. The van der Waals surface area contributed by atoms with Gasteiger partial charge in [0.2, 0.25) is 11.0 Å². The van der Waals surface area contributed by atoms with E-state index in [1.165, 1.54) is 42.4 Å². The fourth-order valence-electron chi connectivity index (χ4n) is 2.27. The van der Waals surface area contributed by atoms with E-state index in [1.54, 1.807) is 0 Å². The molecule has 0 spiro atoms. The zero-order valence-electron chi connectivity index (χ0n) is 12.7. The van der Waals surface area contributed by atoms with Crippen LogP contribution in [-0.4, -0.2) is 34.4 Å². The molecule has 1 amide bonds. The van der Waals surface area contributed by atoms with Gasteiger partial charge in [0.25, 0.3) is 0 Å². The fourth-order valence-corrected chi connectivity index (χ4v) is 3.84. The molecule has 1 saturated carbocycles. The summed E-state index contributed by atoms with van der Waals surface area (Å²) in [5.74, 6) is 1.11. The highest BCUT2D eigenvalue weighted by Crippen LogP contribution is 2.25. The molecule has 5 nitrogen and oxygen atoms in total. The molecule has 21 heavy (non-hydrogen) atoms. The number of nitrogens with one attached hydrogen (secondary N) is 2. The molecule has 1 fully saturated rings. The summed E-state index contributed by atoms with van der Waals surface area (Å²) in [6.45, 7) is 5.19. The van der Waals surface area contributed by atoms with Crippen molar-refractivity contribution in [3.63, 3.8) is 0 Å². The quantitative estimate of drug-likeness (QED) is 0.753. The Kier molecular flexibility index (Phi) is 6.76. The number of carbonyl (C=O) groups is 1. The second-order valence-corrected chi connectivity index (χ2v) is 8.04. The topological polar surface area (TPSA) is 66.9 Å². The lowest BCUT2D eigenvalue weighted by Gasteiger charge is -2.22. The average molecular weight is 329 g/mol. The smallest absolute Gasteiger partial charge is 0.230 e. The number of nitrogens with zero attached hydrogens (tertiary/aromatic N) is 2. The molecule has 1 aliphatic carbocycles. The molecule has 0 aliphatic heterocycles. The van der Waals surface area contributed by atoms with Crippen molar-refractivity contribution in [3.8, 4) is 0 Å². The number of thioether (sulfide) groups is 1. The number of hydrogen-bond donors (Lipinski definition) is 2. The van der Waals surface area contributed by atoms with Gasteiger partial charge in [0.15, 0.2) is 4.34 Å². The van der Waals surface area contributed by atoms with Crippen LogP contribution in [-0.2, 0) is 4.79 Å². The molecular weight excluding hydrogens is 304 g/mol. The normalized spacial score (nSPS) is 16.1. The van der Waals surface area contributed by atoms with Crippen molar-refractivity contribution in [1.82, 2.24) is 15.5 Å². The predicted molar refractivity (Wildman–Crippen MR) is 89.0 cm³/mol. The number of rotatable bonds is 7. The van der Waals surface area contributed by atoms with Crippen LogP contribution < -0.4 is 10.6 Å². The molecule has 0 bridgehead atoms. The summed E-state index contributed by atoms with van der Waals surface area (Å²) < 4.78 is 0.847. The molecule has 1 aliphatic rings. The van der Waals surface area contributed by atoms with Gasteiger partial charge in [-0.15, -0.1) is 10.2 Å². The summed E-state index contributed by atoms with van der Waals surface area (Å²) in [5.41, 5.74) is 0. The lowest BCUT2D eigenvalue weighted by atomic mass is 9.95. The maximum atomic E-state index is 11.9. The number of amides is 1. The molecule has 0 atom stereocenters. The highest BCUT2D eigenvalue weighted by atomic mass is 32.2. The maximum Gasteiger partial charge on any atom is 0.230 e. The summed E-state index contributed by atoms with van der Waals surface area (Å²) in [6.07, 6.45) is 6.02. The van der Waals surface area contributed by atoms with Gasteiger partial charge in [-0.25, -0.2) is 0 Å². The van der Waals surface area contributed by atoms with Gasteiger partial charge in [0.05, 0.1) is 5.75 Å². The molecule has 2 N–H and O–H groups in total. The molecule has 2 rings (SSSR count). The van der Waals surface area contributed by atoms with Crippen LogP contribution in [0, 0.1) is 5.92 Å². The molecule has 0 radical (unpaired) electrons. The van der Waals surface area contributed by atoms with Crippen LogP contribution in [0.5, 0.6) is 0 Å². The van der Waals surface area contributed by atoms with Crippen LogP contribution in [0.4, 0.5) is 5.13 Å². The minimum Gasteiger partial charge on any atom is -0.360 e. The summed E-state index contributed by atoms with van der Waals surface area (Å²) in [4.78, 5) is 11.9. The van der Waals surface area contributed by atoms with Crippen molar-refractivity contribution in [1.29, 1.82) is 0 Å². The van der Waals surface area contributed by atoms with Crippen LogP contribution in [0.15, 0.2) is 4.34 Å². The van der Waals surface area contributed by atoms with Crippen molar-refractivity contribution in [2.24, 2.45) is 5.92 Å². The van der Waals surface area contributed by atoms with Crippen LogP contribution in [0.25, 0.3) is 0 Å². The van der Waals surface area contributed by atoms with Gasteiger partial charge in [-0.1, -0.05) is 56.2 Å². The van der Waals surface area contributed by atoms with Gasteiger partial charge in [0.1, 0.15) is 0 Å². The molecule has 0 aromatic carbocycles. The molecule has 118 valence electrons. The second kappa shape index (κ2) is 8.58. The molecule has 1 aromatic heterocycles. The van der Waals surface area contributed by atoms with Crippen LogP contribution in [0.2, 0.25) is 0 Å². The predicted octanol–water partition coefficient (Wildman–Crippen LogP) is 3.15. The van der Waals surface area contributed by atoms with E-state index < -0.39 is 0 Å². The van der Waals surface area contributed by atoms with Crippen LogP contribution in [0.3, 0.4) is 0 Å². The van der Waals surface area contributed by atoms with E-state index >= 15 is 0 Å². The Morgan fingerprint density at radius 3 is 2.81 bits per heavy atom. The Balaban J connectivity index is 1.68. The second-order valence-electron chi connectivity index (χ2n) is 5.84. The van der Waals surface area contributed by atoms with Gasteiger partial charge in [-0.2, -0.15) is 0 Å². The molecule has 0 saturated heterocycles. The number of carbonyl (C=O) groups excluding carboxylic acids is 1. The van der Waals surface area contributed by atoms with Crippen molar-refractivity contribution < 1.29 is 4.79 Å². The number of aromatic nitrogens is 2. The highest BCUT2D eigenvalue weighted by molar-refractivity contribution is 8.01. The minimum atomic E-state index is 0.110. The van der Waals surface area contributed by atoms with Gasteiger partial charge < -0.3 is 10.6 Å². The SMILES string of the molecule is CC(C)CNc1nnc(SCC(=O)NC2CCCCC2)s1. The van der Waals surface area contributed by atoms with Gasteiger partial charge in [-0.05, 0) is 18.8 Å². The van der Waals surface area contributed by atoms with Gasteiger partial charge in [0, 0.05) is 12.6 Å². The number of hydrogen-bond acceptors (Lipinski definition) is 6. The molecule has 7 heteroatoms. The highest BCUT2D eigenvalue weighted by Gasteiger charge is 2.16. The summed E-state index contributed by atoms with van der Waals surface area (Å²) in [7, 11) is 0. The van der Waals surface area contributed by atoms with E-state index in [1.807, 2.05) is 0 Å². The van der Waals surface area contributed by atoms with Crippen molar-refractivity contribution in [2.75, 3.05) is 17.6 Å². The van der Waals surface area contributed by atoms with Crippen LogP contribution >= 0.6 is 23.1 Å². The summed E-state index contributed by atoms with van der Waals surface area (Å²) in [5, 5.41) is 15.4. The third kappa shape index (κ3) is 6.22. The standard InChI is InChI=1S/C14H24N4OS2/c1-10(2)8-15-13-17-18-14(21-13)20-9-12(19)16-11-6-4-3-5-7-11/h10-11H,3-9H2,1-2H3,(H,15,17)(H,16,19). The van der Waals surface area contributed by atoms with E-state index in [-0.39, 0.29) is 5.91 Å². The Labute approximate surface area is 134 Å². The summed E-state index contributed by atoms with van der Waals surface area (Å²) >= 11 is 2.98. The van der Waals surface area contributed by atoms with Crippen molar-refractivity contribution >= 4 is 34.1 Å². The monoisotopic (exact) mass is 328 g/mol.